The third-order valence-corrected chi connectivity index (χ3v) is 4.82. The molecule has 0 N–H and O–H groups in total. The molecule has 1 aromatic rings. The minimum Gasteiger partial charge on any atom is -0.368 e. The van der Waals surface area contributed by atoms with Crippen molar-refractivity contribution in [3.05, 3.63) is 22.4 Å². The summed E-state index contributed by atoms with van der Waals surface area (Å²) in [4.78, 5) is 16.8. The van der Waals surface area contributed by atoms with Gasteiger partial charge in [-0.05, 0) is 41.7 Å². The molecule has 0 spiro atoms. The maximum atomic E-state index is 12.4. The van der Waals surface area contributed by atoms with Crippen molar-refractivity contribution >= 4 is 17.2 Å². The average molecular weight is 294 g/mol. The Hall–Kier alpha value is -0.910. The first-order valence-corrected chi connectivity index (χ1v) is 8.41. The summed E-state index contributed by atoms with van der Waals surface area (Å²) in [5.74, 6) is 0.208. The molecule has 0 saturated carbocycles. The van der Waals surface area contributed by atoms with Crippen molar-refractivity contribution in [3.63, 3.8) is 0 Å². The summed E-state index contributed by atoms with van der Waals surface area (Å²) in [7, 11) is 0. The maximum absolute atomic E-state index is 12.4. The quantitative estimate of drug-likeness (QED) is 0.854. The van der Waals surface area contributed by atoms with E-state index in [0.29, 0.717) is 0 Å². The Labute approximate surface area is 124 Å². The standard InChI is InChI=1S/C15H22N2O2S/c18-15(14-3-1-9-19-14)17-6-2-5-16(7-8-17)11-13-4-10-20-12-13/h4,10,12,14H,1-3,5-9,11H2. The molecule has 2 aliphatic rings. The molecule has 3 rings (SSSR count). The fraction of sp³-hybridized carbons (Fsp3) is 0.667. The van der Waals surface area contributed by atoms with Crippen LogP contribution < -0.4 is 0 Å². The fourth-order valence-corrected chi connectivity index (χ4v) is 3.63. The fourth-order valence-electron chi connectivity index (χ4n) is 2.97. The van der Waals surface area contributed by atoms with Gasteiger partial charge < -0.3 is 9.64 Å². The van der Waals surface area contributed by atoms with Crippen molar-refractivity contribution in [2.75, 3.05) is 32.8 Å². The lowest BCUT2D eigenvalue weighted by Gasteiger charge is -2.24. The van der Waals surface area contributed by atoms with E-state index in [9.17, 15) is 4.79 Å². The molecule has 0 aliphatic carbocycles. The summed E-state index contributed by atoms with van der Waals surface area (Å²) < 4.78 is 5.52. The average Bonchev–Trinajstić information content (AvgIpc) is 3.10. The Balaban J connectivity index is 1.52. The summed E-state index contributed by atoms with van der Waals surface area (Å²) in [6.07, 6.45) is 2.81. The highest BCUT2D eigenvalue weighted by Gasteiger charge is 2.29. The highest BCUT2D eigenvalue weighted by atomic mass is 32.1. The number of hydrogen-bond acceptors (Lipinski definition) is 4. The van der Waals surface area contributed by atoms with Crippen LogP contribution in [0.1, 0.15) is 24.8 Å². The number of rotatable bonds is 3. The first-order chi connectivity index (χ1) is 9.83. The summed E-state index contributed by atoms with van der Waals surface area (Å²) in [5.41, 5.74) is 1.38. The van der Waals surface area contributed by atoms with Crippen molar-refractivity contribution in [3.8, 4) is 0 Å². The largest absolute Gasteiger partial charge is 0.368 e. The number of amides is 1. The summed E-state index contributed by atoms with van der Waals surface area (Å²) in [6.45, 7) is 5.50. The van der Waals surface area contributed by atoms with E-state index in [-0.39, 0.29) is 12.0 Å². The van der Waals surface area contributed by atoms with E-state index in [2.05, 4.69) is 21.7 Å². The van der Waals surface area contributed by atoms with Gasteiger partial charge >= 0.3 is 0 Å². The molecule has 1 aromatic heterocycles. The zero-order valence-corrected chi connectivity index (χ0v) is 12.6. The van der Waals surface area contributed by atoms with Gasteiger partial charge in [-0.15, -0.1) is 0 Å². The Morgan fingerprint density at radius 1 is 1.30 bits per heavy atom. The second kappa shape index (κ2) is 6.70. The van der Waals surface area contributed by atoms with E-state index in [1.807, 2.05) is 4.90 Å². The minimum atomic E-state index is -0.168. The summed E-state index contributed by atoms with van der Waals surface area (Å²) in [5, 5.41) is 4.33. The highest BCUT2D eigenvalue weighted by Crippen LogP contribution is 2.17. The van der Waals surface area contributed by atoms with Crippen LogP contribution in [-0.4, -0.2) is 54.6 Å². The van der Waals surface area contributed by atoms with Crippen LogP contribution in [0.15, 0.2) is 16.8 Å². The second-order valence-corrected chi connectivity index (χ2v) is 6.37. The summed E-state index contributed by atoms with van der Waals surface area (Å²) >= 11 is 1.75. The lowest BCUT2D eigenvalue weighted by molar-refractivity contribution is -0.140. The van der Waals surface area contributed by atoms with Crippen LogP contribution in [0.3, 0.4) is 0 Å². The number of hydrogen-bond donors (Lipinski definition) is 0. The van der Waals surface area contributed by atoms with Gasteiger partial charge in [-0.3, -0.25) is 9.69 Å². The summed E-state index contributed by atoms with van der Waals surface area (Å²) in [6, 6.07) is 2.19. The van der Waals surface area contributed by atoms with Crippen molar-refractivity contribution in [1.82, 2.24) is 9.80 Å². The van der Waals surface area contributed by atoms with Gasteiger partial charge in [0.05, 0.1) is 0 Å². The molecule has 0 radical (unpaired) electrons. The molecule has 2 saturated heterocycles. The molecule has 110 valence electrons. The van der Waals surface area contributed by atoms with Crippen molar-refractivity contribution in [1.29, 1.82) is 0 Å². The lowest BCUT2D eigenvalue weighted by Crippen LogP contribution is -2.41. The van der Waals surface area contributed by atoms with Crippen molar-refractivity contribution in [2.24, 2.45) is 0 Å². The monoisotopic (exact) mass is 294 g/mol. The number of carbonyl (C=O) groups excluding carboxylic acids is 1. The molecule has 1 unspecified atom stereocenters. The van der Waals surface area contributed by atoms with Gasteiger partial charge in [-0.25, -0.2) is 0 Å². The molecule has 1 atom stereocenters. The first kappa shape index (κ1) is 14.0. The van der Waals surface area contributed by atoms with E-state index in [4.69, 9.17) is 4.74 Å². The molecule has 2 aliphatic heterocycles. The van der Waals surface area contributed by atoms with Crippen LogP contribution in [0.4, 0.5) is 0 Å². The van der Waals surface area contributed by atoms with Gasteiger partial charge in [-0.2, -0.15) is 11.3 Å². The maximum Gasteiger partial charge on any atom is 0.251 e. The van der Waals surface area contributed by atoms with Crippen LogP contribution in [0.2, 0.25) is 0 Å². The number of nitrogens with zero attached hydrogens (tertiary/aromatic N) is 2. The van der Waals surface area contributed by atoms with Crippen LogP contribution in [-0.2, 0) is 16.1 Å². The third-order valence-electron chi connectivity index (χ3n) is 4.09. The molecule has 2 fully saturated rings. The highest BCUT2D eigenvalue weighted by molar-refractivity contribution is 7.07. The predicted molar refractivity (Wildman–Crippen MR) is 79.8 cm³/mol. The molecule has 5 heteroatoms. The van der Waals surface area contributed by atoms with Crippen molar-refractivity contribution < 1.29 is 9.53 Å². The van der Waals surface area contributed by atoms with E-state index in [1.54, 1.807) is 11.3 Å². The topological polar surface area (TPSA) is 32.8 Å². The normalized spacial score (nSPS) is 24.8. The van der Waals surface area contributed by atoms with Gasteiger partial charge in [0.15, 0.2) is 0 Å². The Bertz CT molecular complexity index is 429. The van der Waals surface area contributed by atoms with E-state index >= 15 is 0 Å². The number of carbonyl (C=O) groups is 1. The Morgan fingerprint density at radius 3 is 3.00 bits per heavy atom. The molecule has 20 heavy (non-hydrogen) atoms. The minimum absolute atomic E-state index is 0.168. The van der Waals surface area contributed by atoms with Crippen LogP contribution in [0.25, 0.3) is 0 Å². The Kier molecular flexibility index (Phi) is 4.70. The smallest absolute Gasteiger partial charge is 0.251 e. The number of ether oxygens (including phenoxy) is 1. The Morgan fingerprint density at radius 2 is 2.25 bits per heavy atom. The van der Waals surface area contributed by atoms with Gasteiger partial charge in [0.1, 0.15) is 6.10 Å². The number of thiophene rings is 1. The van der Waals surface area contributed by atoms with E-state index in [0.717, 1.165) is 58.6 Å². The van der Waals surface area contributed by atoms with Crippen LogP contribution in [0, 0.1) is 0 Å². The first-order valence-electron chi connectivity index (χ1n) is 7.47. The van der Waals surface area contributed by atoms with Crippen LogP contribution >= 0.6 is 11.3 Å². The van der Waals surface area contributed by atoms with Gasteiger partial charge in [0, 0.05) is 39.3 Å². The molecular weight excluding hydrogens is 272 g/mol. The molecular formula is C15H22N2O2S. The van der Waals surface area contributed by atoms with Gasteiger partial charge in [-0.1, -0.05) is 0 Å². The molecule has 0 bridgehead atoms. The molecule has 3 heterocycles. The predicted octanol–water partition coefficient (Wildman–Crippen LogP) is 1.96. The third kappa shape index (κ3) is 3.40. The SMILES string of the molecule is O=C(C1CCCO1)N1CCCN(Cc2ccsc2)CC1. The van der Waals surface area contributed by atoms with Gasteiger partial charge in [0.25, 0.3) is 5.91 Å². The van der Waals surface area contributed by atoms with E-state index in [1.165, 1.54) is 5.56 Å². The van der Waals surface area contributed by atoms with Crippen molar-refractivity contribution in [2.45, 2.75) is 31.9 Å². The van der Waals surface area contributed by atoms with E-state index < -0.39 is 0 Å². The molecule has 4 nitrogen and oxygen atoms in total. The van der Waals surface area contributed by atoms with Gasteiger partial charge in [0.2, 0.25) is 0 Å². The molecule has 1 amide bonds. The molecule has 0 aromatic carbocycles. The van der Waals surface area contributed by atoms with Crippen LogP contribution in [0.5, 0.6) is 0 Å². The second-order valence-electron chi connectivity index (χ2n) is 5.59. The zero-order valence-electron chi connectivity index (χ0n) is 11.8. The lowest BCUT2D eigenvalue weighted by atomic mass is 10.2. The zero-order chi connectivity index (χ0) is 13.8.